The van der Waals surface area contributed by atoms with Crippen molar-refractivity contribution in [1.82, 2.24) is 10.3 Å². The second kappa shape index (κ2) is 10.7. The molecule has 0 aliphatic rings. The molecule has 0 spiro atoms. The van der Waals surface area contributed by atoms with Crippen LogP contribution in [0.1, 0.15) is 24.0 Å². The molecule has 3 aromatic carbocycles. The van der Waals surface area contributed by atoms with E-state index in [1.54, 1.807) is 14.2 Å². The summed E-state index contributed by atoms with van der Waals surface area (Å²) in [6.07, 6.45) is 2.00. The Hall–Kier alpha value is -4.13. The Morgan fingerprint density at radius 3 is 2.47 bits per heavy atom. The average Bonchev–Trinajstić information content (AvgIpc) is 3.29. The maximum absolute atomic E-state index is 12.7. The Bertz CT molecular complexity index is 1250. The number of carbonyl (C=O) groups is 1. The van der Waals surface area contributed by atoms with Crippen molar-refractivity contribution in [3.63, 3.8) is 0 Å². The number of urea groups is 1. The van der Waals surface area contributed by atoms with E-state index in [1.165, 1.54) is 0 Å². The van der Waals surface area contributed by atoms with Gasteiger partial charge in [0.2, 0.25) is 0 Å². The lowest BCUT2D eigenvalue weighted by Crippen LogP contribution is -2.32. The minimum absolute atomic E-state index is 0.109. The highest BCUT2D eigenvalue weighted by Crippen LogP contribution is 2.35. The number of methoxy groups -OCH3 is 2. The van der Waals surface area contributed by atoms with Crippen LogP contribution in [0.2, 0.25) is 0 Å². The van der Waals surface area contributed by atoms with E-state index in [-0.39, 0.29) is 11.9 Å². The molecule has 1 heterocycles. The van der Waals surface area contributed by atoms with E-state index in [9.17, 15) is 4.79 Å². The monoisotopic (exact) mass is 459 g/mol. The van der Waals surface area contributed by atoms with Gasteiger partial charge in [-0.1, -0.05) is 24.3 Å². The Morgan fingerprint density at radius 1 is 0.971 bits per heavy atom. The van der Waals surface area contributed by atoms with E-state index in [0.29, 0.717) is 30.3 Å². The first-order valence-corrected chi connectivity index (χ1v) is 11.2. The van der Waals surface area contributed by atoms with Crippen molar-refractivity contribution in [3.8, 4) is 17.2 Å². The third kappa shape index (κ3) is 5.09. The number of nitrogens with one attached hydrogen (secondary N) is 3. The van der Waals surface area contributed by atoms with Crippen molar-refractivity contribution < 1.29 is 19.0 Å². The molecule has 7 nitrogen and oxygen atoms in total. The van der Waals surface area contributed by atoms with Crippen LogP contribution in [0.5, 0.6) is 17.2 Å². The highest BCUT2D eigenvalue weighted by Gasteiger charge is 2.21. The van der Waals surface area contributed by atoms with Crippen molar-refractivity contribution >= 4 is 22.6 Å². The van der Waals surface area contributed by atoms with E-state index in [0.717, 1.165) is 27.8 Å². The van der Waals surface area contributed by atoms with Gasteiger partial charge < -0.3 is 29.8 Å². The summed E-state index contributed by atoms with van der Waals surface area (Å²) in [5, 5.41) is 7.01. The topological polar surface area (TPSA) is 84.6 Å². The van der Waals surface area contributed by atoms with Crippen LogP contribution in [0.3, 0.4) is 0 Å². The predicted octanol–water partition coefficient (Wildman–Crippen LogP) is 5.54. The molecule has 0 radical (unpaired) electrons. The number of aromatic nitrogens is 1. The second-order valence-electron chi connectivity index (χ2n) is 7.75. The first-order chi connectivity index (χ1) is 16.6. The molecule has 0 saturated heterocycles. The van der Waals surface area contributed by atoms with Crippen LogP contribution >= 0.6 is 0 Å². The molecule has 0 fully saturated rings. The zero-order valence-electron chi connectivity index (χ0n) is 19.6. The van der Waals surface area contributed by atoms with Crippen molar-refractivity contribution in [3.05, 3.63) is 84.1 Å². The fraction of sp³-hybridized carbons (Fsp3) is 0.222. The van der Waals surface area contributed by atoms with Gasteiger partial charge in [-0.05, 0) is 60.5 Å². The second-order valence-corrected chi connectivity index (χ2v) is 7.75. The highest BCUT2D eigenvalue weighted by atomic mass is 16.5. The Balaban J connectivity index is 1.57. The molecule has 4 aromatic rings. The molecule has 4 rings (SSSR count). The number of amides is 2. The molecule has 0 bridgehead atoms. The van der Waals surface area contributed by atoms with Crippen LogP contribution in [0.4, 0.5) is 10.5 Å². The Morgan fingerprint density at radius 2 is 1.74 bits per heavy atom. The number of H-pyrrole nitrogens is 1. The zero-order valence-corrected chi connectivity index (χ0v) is 19.6. The fourth-order valence-corrected chi connectivity index (χ4v) is 4.03. The van der Waals surface area contributed by atoms with E-state index in [4.69, 9.17) is 14.2 Å². The molecular formula is C27H29N3O4. The molecule has 7 heteroatoms. The molecule has 2 amide bonds. The van der Waals surface area contributed by atoms with Gasteiger partial charge in [-0.15, -0.1) is 0 Å². The first kappa shape index (κ1) is 23.0. The van der Waals surface area contributed by atoms with Crippen molar-refractivity contribution in [2.24, 2.45) is 0 Å². The lowest BCUT2D eigenvalue weighted by molar-refractivity contribution is 0.252. The number of hydrogen-bond acceptors (Lipinski definition) is 4. The number of carbonyl (C=O) groups excluding carboxylic acids is 1. The zero-order chi connectivity index (χ0) is 23.9. The number of ether oxygens (including phenoxy) is 3. The van der Waals surface area contributed by atoms with Crippen LogP contribution in [0, 0.1) is 0 Å². The number of fused-ring (bicyclic) bond motifs is 1. The van der Waals surface area contributed by atoms with Gasteiger partial charge in [-0.3, -0.25) is 0 Å². The standard InChI is InChI=1S/C27H29N3O4/c1-4-34-20-12-10-19(11-13-20)30-27(31)29-16-22(18-9-14-25(32-2)26(15-18)33-3)23-17-28-24-8-6-5-7-21(23)24/h5-15,17,22,28H,4,16H2,1-3H3,(H2,29,30,31)/t22-/m0/s1. The van der Waals surface area contributed by atoms with Gasteiger partial charge in [0.25, 0.3) is 0 Å². The van der Waals surface area contributed by atoms with Gasteiger partial charge in [0.15, 0.2) is 11.5 Å². The summed E-state index contributed by atoms with van der Waals surface area (Å²) in [7, 11) is 3.23. The van der Waals surface area contributed by atoms with Gasteiger partial charge in [0.05, 0.1) is 20.8 Å². The number of benzene rings is 3. The summed E-state index contributed by atoms with van der Waals surface area (Å²) in [4.78, 5) is 16.0. The lowest BCUT2D eigenvalue weighted by Gasteiger charge is -2.20. The molecule has 1 aromatic heterocycles. The van der Waals surface area contributed by atoms with Crippen LogP contribution in [0.25, 0.3) is 10.9 Å². The van der Waals surface area contributed by atoms with Crippen LogP contribution < -0.4 is 24.8 Å². The Labute approximate surface area is 199 Å². The third-order valence-electron chi connectivity index (χ3n) is 5.70. The van der Waals surface area contributed by atoms with Gasteiger partial charge >= 0.3 is 6.03 Å². The first-order valence-electron chi connectivity index (χ1n) is 11.2. The molecular weight excluding hydrogens is 430 g/mol. The number of para-hydroxylation sites is 1. The summed E-state index contributed by atoms with van der Waals surface area (Å²) in [6.45, 7) is 2.92. The van der Waals surface area contributed by atoms with E-state index in [2.05, 4.69) is 21.7 Å². The molecule has 0 aliphatic heterocycles. The molecule has 0 unspecified atom stereocenters. The largest absolute Gasteiger partial charge is 0.494 e. The Kier molecular flexibility index (Phi) is 7.22. The van der Waals surface area contributed by atoms with Crippen LogP contribution in [-0.2, 0) is 0 Å². The number of rotatable bonds is 9. The number of aromatic amines is 1. The summed E-state index contributed by atoms with van der Waals surface area (Å²) in [6, 6.07) is 21.0. The molecule has 176 valence electrons. The van der Waals surface area contributed by atoms with Crippen molar-refractivity contribution in [1.29, 1.82) is 0 Å². The molecule has 0 saturated carbocycles. The SMILES string of the molecule is CCOc1ccc(NC(=O)NC[C@@H](c2ccc(OC)c(OC)c2)c2c[nH]c3ccccc23)cc1. The van der Waals surface area contributed by atoms with Crippen molar-refractivity contribution in [2.75, 3.05) is 32.7 Å². The summed E-state index contributed by atoms with van der Waals surface area (Å²) < 4.78 is 16.4. The summed E-state index contributed by atoms with van der Waals surface area (Å²) in [5.74, 6) is 1.96. The maximum atomic E-state index is 12.7. The fourth-order valence-electron chi connectivity index (χ4n) is 4.03. The third-order valence-corrected chi connectivity index (χ3v) is 5.70. The van der Waals surface area contributed by atoms with Gasteiger partial charge in [-0.25, -0.2) is 4.79 Å². The van der Waals surface area contributed by atoms with E-state index < -0.39 is 0 Å². The lowest BCUT2D eigenvalue weighted by atomic mass is 9.90. The van der Waals surface area contributed by atoms with Gasteiger partial charge in [0, 0.05) is 35.2 Å². The summed E-state index contributed by atoms with van der Waals surface area (Å²) in [5.41, 5.74) is 3.82. The van der Waals surface area contributed by atoms with E-state index in [1.807, 2.05) is 73.8 Å². The van der Waals surface area contributed by atoms with Gasteiger partial charge in [0.1, 0.15) is 5.75 Å². The highest BCUT2D eigenvalue weighted by molar-refractivity contribution is 5.89. The predicted molar refractivity (Wildman–Crippen MR) is 134 cm³/mol. The van der Waals surface area contributed by atoms with Crippen LogP contribution in [0.15, 0.2) is 72.9 Å². The molecule has 1 atom stereocenters. The molecule has 3 N–H and O–H groups in total. The summed E-state index contributed by atoms with van der Waals surface area (Å²) >= 11 is 0. The minimum Gasteiger partial charge on any atom is -0.494 e. The number of hydrogen-bond donors (Lipinski definition) is 3. The quantitative estimate of drug-likeness (QED) is 0.307. The van der Waals surface area contributed by atoms with Crippen LogP contribution in [-0.4, -0.2) is 38.4 Å². The average molecular weight is 460 g/mol. The van der Waals surface area contributed by atoms with Crippen molar-refractivity contribution in [2.45, 2.75) is 12.8 Å². The number of anilines is 1. The maximum Gasteiger partial charge on any atom is 0.319 e. The minimum atomic E-state index is -0.283. The normalized spacial score (nSPS) is 11.6. The molecule has 34 heavy (non-hydrogen) atoms. The van der Waals surface area contributed by atoms with Gasteiger partial charge in [-0.2, -0.15) is 0 Å². The van der Waals surface area contributed by atoms with E-state index >= 15 is 0 Å². The molecule has 0 aliphatic carbocycles. The smallest absolute Gasteiger partial charge is 0.319 e.